The highest BCUT2D eigenvalue weighted by Gasteiger charge is 2.21. The first kappa shape index (κ1) is 24.2. The number of nitrogens with one attached hydrogen (secondary N) is 2. The van der Waals surface area contributed by atoms with Crippen molar-refractivity contribution in [3.05, 3.63) is 95.2 Å². The number of nitrogens with zero attached hydrogens (tertiary/aromatic N) is 1. The summed E-state index contributed by atoms with van der Waals surface area (Å²) in [7, 11) is -2.28. The Hall–Kier alpha value is -3.43. The lowest BCUT2D eigenvalue weighted by Gasteiger charge is -2.11. The van der Waals surface area contributed by atoms with Crippen LogP contribution in [0.25, 0.3) is 0 Å². The van der Waals surface area contributed by atoms with Crippen molar-refractivity contribution >= 4 is 33.0 Å². The summed E-state index contributed by atoms with van der Waals surface area (Å²) < 4.78 is 44.0. The number of hydrogen-bond acceptors (Lipinski definition) is 6. The predicted octanol–water partition coefficient (Wildman–Crippen LogP) is 4.21. The molecule has 0 aliphatic heterocycles. The Kier molecular flexibility index (Phi) is 8.02. The molecule has 3 aromatic rings. The molecule has 0 fully saturated rings. The van der Waals surface area contributed by atoms with Gasteiger partial charge in [-0.25, -0.2) is 12.8 Å². The van der Waals surface area contributed by atoms with Crippen molar-refractivity contribution in [2.24, 2.45) is 0 Å². The summed E-state index contributed by atoms with van der Waals surface area (Å²) in [4.78, 5) is 16.6. The topological polar surface area (TPSA) is 97.4 Å². The van der Waals surface area contributed by atoms with E-state index in [1.54, 1.807) is 30.6 Å². The van der Waals surface area contributed by atoms with Crippen LogP contribution in [0, 0.1) is 5.82 Å². The number of anilines is 1. The van der Waals surface area contributed by atoms with Gasteiger partial charge < -0.3 is 15.4 Å². The van der Waals surface area contributed by atoms with Crippen molar-refractivity contribution in [2.75, 3.05) is 18.2 Å². The van der Waals surface area contributed by atoms with E-state index in [0.29, 0.717) is 17.0 Å². The first-order valence-corrected chi connectivity index (χ1v) is 11.8. The molecule has 0 saturated carbocycles. The van der Waals surface area contributed by atoms with E-state index in [1.165, 1.54) is 43.7 Å². The van der Waals surface area contributed by atoms with Crippen LogP contribution < -0.4 is 15.4 Å². The zero-order valence-corrected chi connectivity index (χ0v) is 19.2. The number of rotatable bonds is 9. The van der Waals surface area contributed by atoms with Gasteiger partial charge in [-0.1, -0.05) is 35.9 Å². The summed E-state index contributed by atoms with van der Waals surface area (Å²) in [6, 6.07) is 11.5. The molecular weight excluding hydrogens is 469 g/mol. The van der Waals surface area contributed by atoms with E-state index in [9.17, 15) is 17.6 Å². The molecule has 33 heavy (non-hydrogen) atoms. The van der Waals surface area contributed by atoms with Crippen molar-refractivity contribution in [1.82, 2.24) is 10.3 Å². The Balaban J connectivity index is 1.68. The molecule has 0 bridgehead atoms. The normalized spacial score (nSPS) is 11.4. The highest BCUT2D eigenvalue weighted by atomic mass is 35.5. The molecule has 0 unspecified atom stereocenters. The quantitative estimate of drug-likeness (QED) is 0.467. The number of methoxy groups -OCH3 is 1. The first-order valence-electron chi connectivity index (χ1n) is 9.74. The lowest BCUT2D eigenvalue weighted by Crippen LogP contribution is -2.25. The zero-order valence-electron chi connectivity index (χ0n) is 17.6. The standard InChI is InChI=1S/C23H21ClFN3O4S/c1-32-19-12-18(14-26-15-19)27-9-4-10-33(30,31)22-6-3-2-5-20(22)23(29)28-13-16-7-8-17(25)11-21(16)24/h2-9,11-12,14-15,27H,10,13H2,1H3,(H,28,29). The molecule has 3 rings (SSSR count). The number of carbonyl (C=O) groups excluding carboxylic acids is 1. The van der Waals surface area contributed by atoms with Gasteiger partial charge in [-0.15, -0.1) is 0 Å². The summed E-state index contributed by atoms with van der Waals surface area (Å²) in [5.41, 5.74) is 1.14. The second-order valence-electron chi connectivity index (χ2n) is 6.86. The zero-order chi connectivity index (χ0) is 23.8. The molecule has 1 heterocycles. The van der Waals surface area contributed by atoms with Crippen LogP contribution in [0.5, 0.6) is 5.75 Å². The summed E-state index contributed by atoms with van der Waals surface area (Å²) in [5.74, 6) is -0.843. The number of hydrogen-bond donors (Lipinski definition) is 2. The molecule has 10 heteroatoms. The largest absolute Gasteiger partial charge is 0.495 e. The number of benzene rings is 2. The third-order valence-corrected chi connectivity index (χ3v) is 6.56. The Morgan fingerprint density at radius 3 is 2.73 bits per heavy atom. The molecule has 1 aromatic heterocycles. The fourth-order valence-electron chi connectivity index (χ4n) is 2.89. The minimum atomic E-state index is -3.80. The fourth-order valence-corrected chi connectivity index (χ4v) is 4.44. The van der Waals surface area contributed by atoms with E-state index in [1.807, 2.05) is 0 Å². The van der Waals surface area contributed by atoms with Gasteiger partial charge in [0.25, 0.3) is 5.91 Å². The van der Waals surface area contributed by atoms with Gasteiger partial charge in [0.15, 0.2) is 9.84 Å². The van der Waals surface area contributed by atoms with Gasteiger partial charge >= 0.3 is 0 Å². The van der Waals surface area contributed by atoms with Crippen LogP contribution in [0.2, 0.25) is 5.02 Å². The van der Waals surface area contributed by atoms with Gasteiger partial charge in [-0.2, -0.15) is 0 Å². The number of ether oxygens (including phenoxy) is 1. The Bertz CT molecular complexity index is 1280. The van der Waals surface area contributed by atoms with Crippen LogP contribution in [0.1, 0.15) is 15.9 Å². The monoisotopic (exact) mass is 489 g/mol. The van der Waals surface area contributed by atoms with Crippen LogP contribution >= 0.6 is 11.6 Å². The molecule has 2 aromatic carbocycles. The molecule has 2 N–H and O–H groups in total. The number of pyridine rings is 1. The van der Waals surface area contributed by atoms with Crippen molar-refractivity contribution in [3.63, 3.8) is 0 Å². The summed E-state index contributed by atoms with van der Waals surface area (Å²) in [6.45, 7) is 0.0186. The molecule has 0 aliphatic rings. The number of halogens is 2. The van der Waals surface area contributed by atoms with Gasteiger partial charge in [-0.3, -0.25) is 9.78 Å². The predicted molar refractivity (Wildman–Crippen MR) is 125 cm³/mol. The number of amides is 1. The minimum Gasteiger partial charge on any atom is -0.495 e. The van der Waals surface area contributed by atoms with Gasteiger partial charge in [0.2, 0.25) is 0 Å². The fraction of sp³-hybridized carbons (Fsp3) is 0.130. The molecule has 0 atom stereocenters. The van der Waals surface area contributed by atoms with E-state index in [-0.39, 0.29) is 27.8 Å². The second kappa shape index (κ2) is 10.9. The van der Waals surface area contributed by atoms with Gasteiger partial charge in [0, 0.05) is 17.6 Å². The van der Waals surface area contributed by atoms with E-state index < -0.39 is 21.6 Å². The summed E-state index contributed by atoms with van der Waals surface area (Å²) in [6.07, 6.45) is 6.02. The smallest absolute Gasteiger partial charge is 0.252 e. The molecule has 172 valence electrons. The lowest BCUT2D eigenvalue weighted by atomic mass is 10.2. The van der Waals surface area contributed by atoms with E-state index in [0.717, 1.165) is 6.07 Å². The average molecular weight is 490 g/mol. The number of carbonyl (C=O) groups is 1. The lowest BCUT2D eigenvalue weighted by molar-refractivity contribution is 0.0947. The molecule has 0 spiro atoms. The van der Waals surface area contributed by atoms with Gasteiger partial charge in [0.05, 0.1) is 41.4 Å². The SMILES string of the molecule is COc1cncc(NC=CCS(=O)(=O)c2ccccc2C(=O)NCc2ccc(F)cc2Cl)c1. The van der Waals surface area contributed by atoms with E-state index in [2.05, 4.69) is 15.6 Å². The molecular formula is C23H21ClFN3O4S. The molecule has 0 saturated heterocycles. The minimum absolute atomic E-state index is 0.00842. The van der Waals surface area contributed by atoms with Crippen LogP contribution in [-0.4, -0.2) is 32.2 Å². The maximum absolute atomic E-state index is 13.2. The van der Waals surface area contributed by atoms with Gasteiger partial charge in [-0.05, 0) is 36.0 Å². The van der Waals surface area contributed by atoms with E-state index >= 15 is 0 Å². The van der Waals surface area contributed by atoms with Crippen molar-refractivity contribution in [1.29, 1.82) is 0 Å². The Morgan fingerprint density at radius 2 is 1.97 bits per heavy atom. The van der Waals surface area contributed by atoms with Crippen molar-refractivity contribution in [2.45, 2.75) is 11.4 Å². The van der Waals surface area contributed by atoms with E-state index in [4.69, 9.17) is 16.3 Å². The summed E-state index contributed by atoms with van der Waals surface area (Å²) >= 11 is 5.98. The number of sulfone groups is 1. The second-order valence-corrected chi connectivity index (χ2v) is 9.27. The molecule has 1 amide bonds. The molecule has 7 nitrogen and oxygen atoms in total. The maximum atomic E-state index is 13.2. The highest BCUT2D eigenvalue weighted by Crippen LogP contribution is 2.20. The van der Waals surface area contributed by atoms with Crippen LogP contribution in [0.3, 0.4) is 0 Å². The van der Waals surface area contributed by atoms with Crippen LogP contribution in [-0.2, 0) is 16.4 Å². The summed E-state index contributed by atoms with van der Waals surface area (Å²) in [5, 5.41) is 5.72. The molecule has 0 aliphatic carbocycles. The third kappa shape index (κ3) is 6.53. The Morgan fingerprint density at radius 1 is 1.18 bits per heavy atom. The van der Waals surface area contributed by atoms with Crippen LogP contribution in [0.4, 0.5) is 10.1 Å². The van der Waals surface area contributed by atoms with Crippen molar-refractivity contribution < 1.29 is 22.3 Å². The third-order valence-electron chi connectivity index (χ3n) is 4.55. The van der Waals surface area contributed by atoms with Crippen LogP contribution in [0.15, 0.2) is 78.1 Å². The van der Waals surface area contributed by atoms with Gasteiger partial charge in [0.1, 0.15) is 11.6 Å². The first-order chi connectivity index (χ1) is 15.8. The highest BCUT2D eigenvalue weighted by molar-refractivity contribution is 7.91. The van der Waals surface area contributed by atoms with Crippen molar-refractivity contribution in [3.8, 4) is 5.75 Å². The number of aromatic nitrogens is 1. The maximum Gasteiger partial charge on any atom is 0.252 e. The molecule has 0 radical (unpaired) electrons. The average Bonchev–Trinajstić information content (AvgIpc) is 2.81. The Labute approximate surface area is 196 Å².